The molecule has 1 aliphatic carbocycles. The molecule has 0 aliphatic heterocycles. The molecule has 0 aromatic heterocycles. The van der Waals surface area contributed by atoms with Gasteiger partial charge in [0.25, 0.3) is 0 Å². The number of aliphatic imine (C=N–C) groups is 1. The van der Waals surface area contributed by atoms with E-state index < -0.39 is 5.60 Å². The van der Waals surface area contributed by atoms with Crippen molar-refractivity contribution in [2.75, 3.05) is 5.32 Å². The van der Waals surface area contributed by atoms with E-state index >= 15 is 0 Å². The number of esters is 1. The third-order valence-electron chi connectivity index (χ3n) is 4.08. The predicted molar refractivity (Wildman–Crippen MR) is 98.0 cm³/mol. The first-order valence-corrected chi connectivity index (χ1v) is 8.63. The molecule has 0 bridgehead atoms. The summed E-state index contributed by atoms with van der Waals surface area (Å²) in [5.74, 6) is 0.331. The second-order valence-corrected chi connectivity index (χ2v) is 7.54. The second-order valence-electron chi connectivity index (χ2n) is 7.54. The number of guanidine groups is 1. The molecule has 24 heavy (non-hydrogen) atoms. The third kappa shape index (κ3) is 5.87. The molecule has 0 spiro atoms. The molecule has 1 aromatic carbocycles. The number of nitrogens with one attached hydrogen (secondary N) is 1. The zero-order chi connectivity index (χ0) is 17.7. The SMILES string of the molecule is Cc1ccc(NC(N)=NC2CCC(C(=O)OC(C)(C)C)CC2)cc1. The molecule has 5 nitrogen and oxygen atoms in total. The van der Waals surface area contributed by atoms with Gasteiger partial charge < -0.3 is 15.8 Å². The molecule has 0 unspecified atom stereocenters. The fraction of sp³-hybridized carbons (Fsp3) is 0.579. The quantitative estimate of drug-likeness (QED) is 0.504. The Hall–Kier alpha value is -2.04. The number of benzene rings is 1. The van der Waals surface area contributed by atoms with Crippen molar-refractivity contribution in [1.29, 1.82) is 0 Å². The Balaban J connectivity index is 1.83. The molecule has 3 N–H and O–H groups in total. The fourth-order valence-electron chi connectivity index (χ4n) is 2.84. The van der Waals surface area contributed by atoms with Crippen LogP contribution in [-0.4, -0.2) is 23.6 Å². The van der Waals surface area contributed by atoms with Crippen molar-refractivity contribution in [2.45, 2.75) is 65.0 Å². The summed E-state index contributed by atoms with van der Waals surface area (Å²) in [7, 11) is 0. The average Bonchev–Trinajstić information content (AvgIpc) is 2.48. The number of carbonyl (C=O) groups excluding carboxylic acids is 1. The highest BCUT2D eigenvalue weighted by Crippen LogP contribution is 2.28. The first-order valence-electron chi connectivity index (χ1n) is 8.63. The van der Waals surface area contributed by atoms with Crippen LogP contribution in [0.1, 0.15) is 52.0 Å². The highest BCUT2D eigenvalue weighted by molar-refractivity contribution is 5.92. The molecular weight excluding hydrogens is 302 g/mol. The van der Waals surface area contributed by atoms with Crippen LogP contribution >= 0.6 is 0 Å². The number of rotatable bonds is 3. The van der Waals surface area contributed by atoms with Crippen LogP contribution in [0, 0.1) is 12.8 Å². The van der Waals surface area contributed by atoms with Gasteiger partial charge in [0.15, 0.2) is 5.96 Å². The van der Waals surface area contributed by atoms with Crippen molar-refractivity contribution < 1.29 is 9.53 Å². The number of hydrogen-bond acceptors (Lipinski definition) is 3. The van der Waals surface area contributed by atoms with Crippen molar-refractivity contribution in [3.8, 4) is 0 Å². The van der Waals surface area contributed by atoms with Gasteiger partial charge in [0.2, 0.25) is 0 Å². The van der Waals surface area contributed by atoms with E-state index in [-0.39, 0.29) is 17.9 Å². The van der Waals surface area contributed by atoms with Crippen LogP contribution in [0.25, 0.3) is 0 Å². The van der Waals surface area contributed by atoms with E-state index in [4.69, 9.17) is 10.5 Å². The molecule has 132 valence electrons. The lowest BCUT2D eigenvalue weighted by Gasteiger charge is -2.28. The van der Waals surface area contributed by atoms with Crippen LogP contribution in [0.3, 0.4) is 0 Å². The molecule has 0 amide bonds. The molecule has 2 rings (SSSR count). The maximum absolute atomic E-state index is 12.1. The Bertz CT molecular complexity index is 580. The fourth-order valence-corrected chi connectivity index (χ4v) is 2.84. The maximum Gasteiger partial charge on any atom is 0.309 e. The number of hydrogen-bond donors (Lipinski definition) is 2. The summed E-state index contributed by atoms with van der Waals surface area (Å²) >= 11 is 0. The van der Waals surface area contributed by atoms with E-state index in [2.05, 4.69) is 10.3 Å². The molecule has 0 saturated heterocycles. The Kier molecular flexibility index (Phi) is 5.86. The van der Waals surface area contributed by atoms with Gasteiger partial charge in [-0.05, 0) is 65.5 Å². The summed E-state index contributed by atoms with van der Waals surface area (Å²) in [6.07, 6.45) is 3.34. The van der Waals surface area contributed by atoms with Gasteiger partial charge in [-0.3, -0.25) is 4.79 Å². The van der Waals surface area contributed by atoms with Crippen LogP contribution in [-0.2, 0) is 9.53 Å². The molecule has 1 saturated carbocycles. The number of anilines is 1. The van der Waals surface area contributed by atoms with Crippen molar-refractivity contribution >= 4 is 17.6 Å². The summed E-state index contributed by atoms with van der Waals surface area (Å²) < 4.78 is 5.47. The van der Waals surface area contributed by atoms with Crippen molar-refractivity contribution in [2.24, 2.45) is 16.6 Å². The zero-order valence-corrected chi connectivity index (χ0v) is 15.1. The molecule has 1 aliphatic rings. The molecule has 1 fully saturated rings. The molecular formula is C19H29N3O2. The van der Waals surface area contributed by atoms with Gasteiger partial charge in [0, 0.05) is 5.69 Å². The number of carbonyl (C=O) groups is 1. The van der Waals surface area contributed by atoms with Gasteiger partial charge in [0.1, 0.15) is 5.60 Å². The van der Waals surface area contributed by atoms with Crippen molar-refractivity contribution in [3.05, 3.63) is 29.8 Å². The largest absolute Gasteiger partial charge is 0.460 e. The standard InChI is InChI=1S/C19H29N3O2/c1-13-5-9-15(10-6-13)21-18(20)22-16-11-7-14(8-12-16)17(23)24-19(2,3)4/h5-6,9-10,14,16H,7-8,11-12H2,1-4H3,(H3,20,21,22). The monoisotopic (exact) mass is 331 g/mol. The van der Waals surface area contributed by atoms with Crippen molar-refractivity contribution in [1.82, 2.24) is 0 Å². The Morgan fingerprint density at radius 2 is 1.75 bits per heavy atom. The van der Waals surface area contributed by atoms with E-state index in [0.29, 0.717) is 5.96 Å². The average molecular weight is 331 g/mol. The molecule has 0 heterocycles. The van der Waals surface area contributed by atoms with Crippen LogP contribution < -0.4 is 11.1 Å². The number of nitrogens with two attached hydrogens (primary N) is 1. The zero-order valence-electron chi connectivity index (χ0n) is 15.1. The van der Waals surface area contributed by atoms with E-state index in [0.717, 1.165) is 31.4 Å². The van der Waals surface area contributed by atoms with Crippen LogP contribution in [0.15, 0.2) is 29.3 Å². The maximum atomic E-state index is 12.1. The highest BCUT2D eigenvalue weighted by Gasteiger charge is 2.29. The third-order valence-corrected chi connectivity index (χ3v) is 4.08. The van der Waals surface area contributed by atoms with Gasteiger partial charge in [-0.2, -0.15) is 0 Å². The summed E-state index contributed by atoms with van der Waals surface area (Å²) in [6.45, 7) is 7.75. The normalized spacial score (nSPS) is 22.1. The van der Waals surface area contributed by atoms with E-state index in [1.807, 2.05) is 52.0 Å². The van der Waals surface area contributed by atoms with Crippen LogP contribution in [0.5, 0.6) is 0 Å². The van der Waals surface area contributed by atoms with E-state index in [1.54, 1.807) is 0 Å². The van der Waals surface area contributed by atoms with Crippen LogP contribution in [0.4, 0.5) is 5.69 Å². The first-order chi connectivity index (χ1) is 11.2. The Morgan fingerprint density at radius 3 is 2.29 bits per heavy atom. The lowest BCUT2D eigenvalue weighted by molar-refractivity contribution is -0.161. The Morgan fingerprint density at radius 1 is 1.17 bits per heavy atom. The summed E-state index contributed by atoms with van der Waals surface area (Å²) in [5.41, 5.74) is 7.72. The number of aryl methyl sites for hydroxylation is 1. The summed E-state index contributed by atoms with van der Waals surface area (Å²) in [4.78, 5) is 16.7. The molecule has 5 heteroatoms. The smallest absolute Gasteiger partial charge is 0.309 e. The summed E-state index contributed by atoms with van der Waals surface area (Å²) in [6, 6.07) is 8.19. The van der Waals surface area contributed by atoms with Gasteiger partial charge >= 0.3 is 5.97 Å². The molecule has 0 atom stereocenters. The van der Waals surface area contributed by atoms with Gasteiger partial charge in [-0.25, -0.2) is 4.99 Å². The van der Waals surface area contributed by atoms with Crippen molar-refractivity contribution in [3.63, 3.8) is 0 Å². The minimum atomic E-state index is -0.422. The second kappa shape index (κ2) is 7.69. The molecule has 1 aromatic rings. The number of nitrogens with zero attached hydrogens (tertiary/aromatic N) is 1. The molecule has 0 radical (unpaired) electrons. The van der Waals surface area contributed by atoms with Gasteiger partial charge in [-0.1, -0.05) is 17.7 Å². The highest BCUT2D eigenvalue weighted by atomic mass is 16.6. The first kappa shape index (κ1) is 18.3. The minimum Gasteiger partial charge on any atom is -0.460 e. The van der Waals surface area contributed by atoms with E-state index in [9.17, 15) is 4.79 Å². The minimum absolute atomic E-state index is 0.0121. The van der Waals surface area contributed by atoms with Crippen LogP contribution in [0.2, 0.25) is 0 Å². The Labute approximate surface area is 144 Å². The summed E-state index contributed by atoms with van der Waals surface area (Å²) in [5, 5.41) is 3.12. The lowest BCUT2D eigenvalue weighted by Crippen LogP contribution is -2.32. The number of ether oxygens (including phenoxy) is 1. The topological polar surface area (TPSA) is 76.7 Å². The van der Waals surface area contributed by atoms with Gasteiger partial charge in [0.05, 0.1) is 12.0 Å². The van der Waals surface area contributed by atoms with Gasteiger partial charge in [-0.15, -0.1) is 0 Å². The van der Waals surface area contributed by atoms with E-state index in [1.165, 1.54) is 5.56 Å². The lowest BCUT2D eigenvalue weighted by atomic mass is 9.86. The predicted octanol–water partition coefficient (Wildman–Crippen LogP) is 3.62.